The number of hydrogen-bond acceptors (Lipinski definition) is 3. The van der Waals surface area contributed by atoms with Crippen molar-refractivity contribution in [1.29, 1.82) is 0 Å². The van der Waals surface area contributed by atoms with Gasteiger partial charge in [0.25, 0.3) is 0 Å². The maximum Gasteiger partial charge on any atom is 0.172 e. The SMILES string of the molecule is C=C(Cl)CNCc1cc(Br)c(O)c(OC)c1. The van der Waals surface area contributed by atoms with E-state index < -0.39 is 0 Å². The van der Waals surface area contributed by atoms with Crippen molar-refractivity contribution in [2.24, 2.45) is 0 Å². The Morgan fingerprint density at radius 1 is 1.62 bits per heavy atom. The first kappa shape index (κ1) is 13.4. The average molecular weight is 307 g/mol. The minimum atomic E-state index is 0.105. The molecule has 0 saturated heterocycles. The normalized spacial score (nSPS) is 10.2. The number of benzene rings is 1. The third-order valence-electron chi connectivity index (χ3n) is 1.95. The molecule has 0 atom stereocenters. The minimum absolute atomic E-state index is 0.105. The van der Waals surface area contributed by atoms with Gasteiger partial charge in [-0.25, -0.2) is 0 Å². The fraction of sp³-hybridized carbons (Fsp3) is 0.273. The van der Waals surface area contributed by atoms with Crippen LogP contribution in [0.1, 0.15) is 5.56 Å². The molecule has 0 spiro atoms. The molecule has 0 aliphatic rings. The van der Waals surface area contributed by atoms with Crippen molar-refractivity contribution in [2.45, 2.75) is 6.54 Å². The van der Waals surface area contributed by atoms with Gasteiger partial charge in [-0.1, -0.05) is 18.2 Å². The number of rotatable bonds is 5. The Kier molecular flexibility index (Phi) is 5.12. The zero-order valence-electron chi connectivity index (χ0n) is 8.89. The van der Waals surface area contributed by atoms with Gasteiger partial charge >= 0.3 is 0 Å². The summed E-state index contributed by atoms with van der Waals surface area (Å²) in [7, 11) is 1.51. The molecule has 16 heavy (non-hydrogen) atoms. The fourth-order valence-electron chi connectivity index (χ4n) is 1.23. The Morgan fingerprint density at radius 3 is 2.88 bits per heavy atom. The van der Waals surface area contributed by atoms with E-state index in [9.17, 15) is 5.11 Å². The van der Waals surface area contributed by atoms with Crippen molar-refractivity contribution in [3.63, 3.8) is 0 Å². The number of ether oxygens (including phenoxy) is 1. The highest BCUT2D eigenvalue weighted by molar-refractivity contribution is 9.10. The van der Waals surface area contributed by atoms with Gasteiger partial charge in [-0.15, -0.1) is 0 Å². The zero-order valence-corrected chi connectivity index (χ0v) is 11.2. The van der Waals surface area contributed by atoms with E-state index >= 15 is 0 Å². The summed E-state index contributed by atoms with van der Waals surface area (Å²) in [5.74, 6) is 0.545. The lowest BCUT2D eigenvalue weighted by atomic mass is 10.2. The summed E-state index contributed by atoms with van der Waals surface area (Å²) in [6.45, 7) is 4.75. The number of hydrogen-bond donors (Lipinski definition) is 2. The summed E-state index contributed by atoms with van der Waals surface area (Å²) in [4.78, 5) is 0. The van der Waals surface area contributed by atoms with Crippen LogP contribution in [-0.2, 0) is 6.54 Å². The molecule has 0 heterocycles. The summed E-state index contributed by atoms with van der Waals surface area (Å²) >= 11 is 8.89. The largest absolute Gasteiger partial charge is 0.503 e. The molecule has 1 aromatic carbocycles. The number of nitrogens with one attached hydrogen (secondary N) is 1. The van der Waals surface area contributed by atoms with E-state index in [2.05, 4.69) is 27.8 Å². The van der Waals surface area contributed by atoms with Crippen LogP contribution in [-0.4, -0.2) is 18.8 Å². The number of aromatic hydroxyl groups is 1. The quantitative estimate of drug-likeness (QED) is 0.878. The van der Waals surface area contributed by atoms with Crippen molar-refractivity contribution >= 4 is 27.5 Å². The van der Waals surface area contributed by atoms with Crippen LogP contribution in [0.4, 0.5) is 0 Å². The van der Waals surface area contributed by atoms with Crippen LogP contribution in [0.3, 0.4) is 0 Å². The van der Waals surface area contributed by atoms with Crippen LogP contribution in [0.2, 0.25) is 0 Å². The van der Waals surface area contributed by atoms with Crippen LogP contribution < -0.4 is 10.1 Å². The Bertz CT molecular complexity index is 396. The standard InChI is InChI=1S/C11H13BrClNO2/c1-7(13)5-14-6-8-3-9(12)11(15)10(4-8)16-2/h3-4,14-15H,1,5-6H2,2H3. The maximum atomic E-state index is 9.61. The van der Waals surface area contributed by atoms with Gasteiger partial charge < -0.3 is 15.2 Å². The summed E-state index contributed by atoms with van der Waals surface area (Å²) in [6, 6.07) is 3.59. The van der Waals surface area contributed by atoms with Crippen LogP contribution in [0, 0.1) is 0 Å². The molecule has 1 aromatic rings. The Hall–Kier alpha value is -0.710. The molecule has 3 nitrogen and oxygen atoms in total. The van der Waals surface area contributed by atoms with Gasteiger partial charge in [0.05, 0.1) is 11.6 Å². The van der Waals surface area contributed by atoms with Gasteiger partial charge in [0.2, 0.25) is 0 Å². The molecule has 2 N–H and O–H groups in total. The number of phenolic OH excluding ortho intramolecular Hbond substituents is 1. The van der Waals surface area contributed by atoms with E-state index in [-0.39, 0.29) is 5.75 Å². The molecular weight excluding hydrogens is 293 g/mol. The third kappa shape index (κ3) is 3.70. The monoisotopic (exact) mass is 305 g/mol. The Balaban J connectivity index is 2.74. The van der Waals surface area contributed by atoms with E-state index in [0.717, 1.165) is 5.56 Å². The van der Waals surface area contributed by atoms with Gasteiger partial charge in [-0.3, -0.25) is 0 Å². The molecule has 0 bridgehead atoms. The van der Waals surface area contributed by atoms with Crippen molar-refractivity contribution in [2.75, 3.05) is 13.7 Å². The van der Waals surface area contributed by atoms with Gasteiger partial charge in [0, 0.05) is 18.1 Å². The summed E-state index contributed by atoms with van der Waals surface area (Å²) in [5, 5.41) is 13.3. The predicted molar refractivity (Wildman–Crippen MR) is 69.1 cm³/mol. The molecule has 0 aliphatic carbocycles. The first-order valence-electron chi connectivity index (χ1n) is 4.64. The van der Waals surface area contributed by atoms with Crippen molar-refractivity contribution in [3.8, 4) is 11.5 Å². The zero-order chi connectivity index (χ0) is 12.1. The van der Waals surface area contributed by atoms with Gasteiger partial charge in [0.15, 0.2) is 11.5 Å². The highest BCUT2D eigenvalue weighted by Gasteiger charge is 2.08. The summed E-state index contributed by atoms with van der Waals surface area (Å²) in [6.07, 6.45) is 0. The van der Waals surface area contributed by atoms with E-state index in [1.165, 1.54) is 7.11 Å². The number of phenols is 1. The second kappa shape index (κ2) is 6.13. The highest BCUT2D eigenvalue weighted by atomic mass is 79.9. The lowest BCUT2D eigenvalue weighted by molar-refractivity contribution is 0.371. The number of halogens is 2. The minimum Gasteiger partial charge on any atom is -0.503 e. The van der Waals surface area contributed by atoms with E-state index in [1.54, 1.807) is 6.07 Å². The first-order valence-corrected chi connectivity index (χ1v) is 5.81. The second-order valence-electron chi connectivity index (χ2n) is 3.25. The van der Waals surface area contributed by atoms with Crippen LogP contribution in [0.25, 0.3) is 0 Å². The van der Waals surface area contributed by atoms with Crippen molar-refractivity contribution in [3.05, 3.63) is 33.8 Å². The van der Waals surface area contributed by atoms with E-state index in [1.807, 2.05) is 6.07 Å². The predicted octanol–water partition coefficient (Wildman–Crippen LogP) is 3.01. The molecule has 0 aromatic heterocycles. The topological polar surface area (TPSA) is 41.5 Å². The molecule has 5 heteroatoms. The third-order valence-corrected chi connectivity index (χ3v) is 2.69. The molecule has 0 amide bonds. The average Bonchev–Trinajstić information content (AvgIpc) is 2.22. The summed E-state index contributed by atoms with van der Waals surface area (Å²) in [5.41, 5.74) is 0.986. The van der Waals surface area contributed by atoms with E-state index in [4.69, 9.17) is 16.3 Å². The van der Waals surface area contributed by atoms with Crippen LogP contribution in [0.5, 0.6) is 11.5 Å². The van der Waals surface area contributed by atoms with E-state index in [0.29, 0.717) is 28.3 Å². The number of methoxy groups -OCH3 is 1. The molecule has 0 unspecified atom stereocenters. The van der Waals surface area contributed by atoms with Crippen LogP contribution in [0.15, 0.2) is 28.2 Å². The molecule has 0 radical (unpaired) electrons. The first-order chi connectivity index (χ1) is 7.54. The van der Waals surface area contributed by atoms with Gasteiger partial charge in [-0.2, -0.15) is 0 Å². The maximum absolute atomic E-state index is 9.61. The fourth-order valence-corrected chi connectivity index (χ4v) is 1.81. The Labute approximate surface area is 108 Å². The molecule has 1 rings (SSSR count). The molecule has 0 saturated carbocycles. The Morgan fingerprint density at radius 2 is 2.31 bits per heavy atom. The van der Waals surface area contributed by atoms with Gasteiger partial charge in [0.1, 0.15) is 0 Å². The second-order valence-corrected chi connectivity index (χ2v) is 4.64. The lowest BCUT2D eigenvalue weighted by Crippen LogP contribution is -2.14. The lowest BCUT2D eigenvalue weighted by Gasteiger charge is -2.09. The van der Waals surface area contributed by atoms with Crippen molar-refractivity contribution < 1.29 is 9.84 Å². The molecular formula is C11H13BrClNO2. The molecule has 0 aliphatic heterocycles. The highest BCUT2D eigenvalue weighted by Crippen LogP contribution is 2.35. The molecule has 88 valence electrons. The summed E-state index contributed by atoms with van der Waals surface area (Å²) < 4.78 is 5.65. The van der Waals surface area contributed by atoms with Crippen molar-refractivity contribution in [1.82, 2.24) is 5.32 Å². The van der Waals surface area contributed by atoms with Crippen LogP contribution >= 0.6 is 27.5 Å². The smallest absolute Gasteiger partial charge is 0.172 e. The molecule has 0 fully saturated rings. The van der Waals surface area contributed by atoms with Gasteiger partial charge in [-0.05, 0) is 33.6 Å².